The molecule has 0 radical (unpaired) electrons. The Bertz CT molecular complexity index is 821. The molecule has 0 aromatic carbocycles. The average molecular weight is 314 g/mol. The van der Waals surface area contributed by atoms with Crippen LogP contribution < -0.4 is 0 Å². The fourth-order valence-electron chi connectivity index (χ4n) is 2.80. The summed E-state index contributed by atoms with van der Waals surface area (Å²) in [5.74, 6) is 0. The third kappa shape index (κ3) is 2.32. The first-order valence-corrected chi connectivity index (χ1v) is 8.59. The Hall–Kier alpha value is -1.53. The van der Waals surface area contributed by atoms with Crippen molar-refractivity contribution in [2.75, 3.05) is 0 Å². The van der Waals surface area contributed by atoms with Gasteiger partial charge in [0.15, 0.2) is 5.16 Å². The summed E-state index contributed by atoms with van der Waals surface area (Å²) in [7, 11) is 0. The number of fused-ring (bicyclic) bond motifs is 3. The highest BCUT2D eigenvalue weighted by atomic mass is 32.2. The van der Waals surface area contributed by atoms with Crippen LogP contribution in [-0.2, 0) is 12.8 Å². The van der Waals surface area contributed by atoms with Crippen LogP contribution in [0.25, 0.3) is 10.2 Å². The van der Waals surface area contributed by atoms with Crippen LogP contribution in [0.1, 0.15) is 28.2 Å². The maximum Gasteiger partial charge on any atom is 0.194 e. The lowest BCUT2D eigenvalue weighted by Gasteiger charge is -2.04. The van der Waals surface area contributed by atoms with E-state index in [-0.39, 0.29) is 0 Å². The standard InChI is InChI=1S/C15H14N4S2/c1-8-6-9(2)19-15(18-8)21-14-12-10-4-3-5-11(10)20-13(12)16-7-17-14/h6-7H,3-5H2,1-2H3. The molecule has 6 heteroatoms. The average Bonchev–Trinajstić information content (AvgIpc) is 2.97. The highest BCUT2D eigenvalue weighted by Crippen LogP contribution is 2.41. The van der Waals surface area contributed by atoms with Crippen molar-refractivity contribution >= 4 is 33.3 Å². The van der Waals surface area contributed by atoms with Gasteiger partial charge in [0.2, 0.25) is 0 Å². The smallest absolute Gasteiger partial charge is 0.194 e. The van der Waals surface area contributed by atoms with Gasteiger partial charge in [0, 0.05) is 21.7 Å². The molecule has 0 saturated carbocycles. The summed E-state index contributed by atoms with van der Waals surface area (Å²) in [6.07, 6.45) is 5.22. The minimum absolute atomic E-state index is 0.769. The number of thiophene rings is 1. The van der Waals surface area contributed by atoms with E-state index in [0.29, 0.717) is 0 Å². The predicted molar refractivity (Wildman–Crippen MR) is 85.1 cm³/mol. The number of hydrogen-bond acceptors (Lipinski definition) is 6. The molecule has 106 valence electrons. The second kappa shape index (κ2) is 5.03. The normalized spacial score (nSPS) is 13.8. The number of aromatic nitrogens is 4. The maximum absolute atomic E-state index is 4.51. The largest absolute Gasteiger partial charge is 0.229 e. The van der Waals surface area contributed by atoms with Crippen molar-refractivity contribution in [3.8, 4) is 0 Å². The van der Waals surface area contributed by atoms with Crippen LogP contribution in [0.3, 0.4) is 0 Å². The molecule has 0 spiro atoms. The summed E-state index contributed by atoms with van der Waals surface area (Å²) in [6.45, 7) is 3.99. The van der Waals surface area contributed by atoms with Crippen molar-refractivity contribution in [2.24, 2.45) is 0 Å². The molecule has 3 heterocycles. The van der Waals surface area contributed by atoms with Crippen LogP contribution in [-0.4, -0.2) is 19.9 Å². The molecule has 4 rings (SSSR count). The zero-order valence-electron chi connectivity index (χ0n) is 11.9. The molecule has 0 aliphatic heterocycles. The van der Waals surface area contributed by atoms with E-state index in [1.54, 1.807) is 18.1 Å². The van der Waals surface area contributed by atoms with Crippen molar-refractivity contribution in [3.63, 3.8) is 0 Å². The fraction of sp³-hybridized carbons (Fsp3) is 0.333. The van der Waals surface area contributed by atoms with Gasteiger partial charge in [0.25, 0.3) is 0 Å². The molecule has 0 atom stereocenters. The van der Waals surface area contributed by atoms with Crippen LogP contribution in [0, 0.1) is 13.8 Å². The van der Waals surface area contributed by atoms with Crippen LogP contribution in [0.2, 0.25) is 0 Å². The van der Waals surface area contributed by atoms with Crippen molar-refractivity contribution < 1.29 is 0 Å². The summed E-state index contributed by atoms with van der Waals surface area (Å²) >= 11 is 3.36. The lowest BCUT2D eigenvalue weighted by Crippen LogP contribution is -1.94. The van der Waals surface area contributed by atoms with E-state index in [0.717, 1.165) is 32.8 Å². The molecule has 3 aromatic rings. The Labute approximate surface area is 131 Å². The van der Waals surface area contributed by atoms with Gasteiger partial charge in [-0.05, 0) is 56.5 Å². The van der Waals surface area contributed by atoms with Gasteiger partial charge in [0.05, 0.1) is 0 Å². The van der Waals surface area contributed by atoms with Crippen molar-refractivity contribution in [3.05, 3.63) is 34.2 Å². The highest BCUT2D eigenvalue weighted by Gasteiger charge is 2.21. The summed E-state index contributed by atoms with van der Waals surface area (Å²) < 4.78 is 0. The second-order valence-corrected chi connectivity index (χ2v) is 7.29. The summed E-state index contributed by atoms with van der Waals surface area (Å²) in [5, 5.41) is 2.98. The first kappa shape index (κ1) is 13.2. The predicted octanol–water partition coefficient (Wildman–Crippen LogP) is 3.74. The zero-order chi connectivity index (χ0) is 14.4. The number of aryl methyl sites for hydroxylation is 4. The molecule has 1 aliphatic rings. The molecule has 0 N–H and O–H groups in total. The van der Waals surface area contributed by atoms with Crippen LogP contribution in [0.4, 0.5) is 0 Å². The molecule has 0 amide bonds. The van der Waals surface area contributed by atoms with Gasteiger partial charge in [-0.2, -0.15) is 0 Å². The van der Waals surface area contributed by atoms with E-state index < -0.39 is 0 Å². The Morgan fingerprint density at radius 1 is 1.10 bits per heavy atom. The van der Waals surface area contributed by atoms with Crippen molar-refractivity contribution in [1.29, 1.82) is 0 Å². The van der Waals surface area contributed by atoms with E-state index in [1.165, 1.54) is 28.7 Å². The molecule has 21 heavy (non-hydrogen) atoms. The first-order valence-electron chi connectivity index (χ1n) is 6.96. The minimum Gasteiger partial charge on any atom is -0.229 e. The van der Waals surface area contributed by atoms with E-state index in [4.69, 9.17) is 0 Å². The topological polar surface area (TPSA) is 51.6 Å². The van der Waals surface area contributed by atoms with Crippen molar-refractivity contribution in [2.45, 2.75) is 43.3 Å². The van der Waals surface area contributed by atoms with Gasteiger partial charge < -0.3 is 0 Å². The Balaban J connectivity index is 1.83. The number of nitrogens with zero attached hydrogens (tertiary/aromatic N) is 4. The van der Waals surface area contributed by atoms with Gasteiger partial charge in [0.1, 0.15) is 16.2 Å². The van der Waals surface area contributed by atoms with E-state index >= 15 is 0 Å². The summed E-state index contributed by atoms with van der Waals surface area (Å²) in [4.78, 5) is 20.5. The molecule has 1 aliphatic carbocycles. The molecular formula is C15H14N4S2. The number of rotatable bonds is 2. The van der Waals surface area contributed by atoms with Crippen LogP contribution >= 0.6 is 23.1 Å². The van der Waals surface area contributed by atoms with Crippen molar-refractivity contribution in [1.82, 2.24) is 19.9 Å². The molecule has 0 bridgehead atoms. The monoisotopic (exact) mass is 314 g/mol. The van der Waals surface area contributed by atoms with Gasteiger partial charge in [-0.3, -0.25) is 0 Å². The fourth-order valence-corrected chi connectivity index (χ4v) is 5.07. The third-order valence-corrected chi connectivity index (χ3v) is 5.68. The molecule has 0 saturated heterocycles. The molecule has 3 aromatic heterocycles. The summed E-state index contributed by atoms with van der Waals surface area (Å²) in [5.41, 5.74) is 3.43. The van der Waals surface area contributed by atoms with Gasteiger partial charge in [-0.1, -0.05) is 0 Å². The Morgan fingerprint density at radius 2 is 1.90 bits per heavy atom. The minimum atomic E-state index is 0.769. The molecular weight excluding hydrogens is 300 g/mol. The second-order valence-electron chi connectivity index (χ2n) is 5.25. The van der Waals surface area contributed by atoms with Crippen LogP contribution in [0.5, 0.6) is 0 Å². The van der Waals surface area contributed by atoms with E-state index in [9.17, 15) is 0 Å². The molecule has 4 nitrogen and oxygen atoms in total. The quantitative estimate of drug-likeness (QED) is 0.533. The molecule has 0 unspecified atom stereocenters. The molecule has 0 fully saturated rings. The highest BCUT2D eigenvalue weighted by molar-refractivity contribution is 7.99. The SMILES string of the molecule is Cc1cc(C)nc(Sc2ncnc3sc4c(c23)CCC4)n1. The summed E-state index contributed by atoms with van der Waals surface area (Å²) in [6, 6.07) is 1.99. The maximum atomic E-state index is 4.51. The lowest BCUT2D eigenvalue weighted by molar-refractivity contribution is 0.898. The lowest BCUT2D eigenvalue weighted by atomic mass is 10.2. The zero-order valence-corrected chi connectivity index (χ0v) is 13.5. The van der Waals surface area contributed by atoms with Gasteiger partial charge >= 0.3 is 0 Å². The number of hydrogen-bond donors (Lipinski definition) is 0. The van der Waals surface area contributed by atoms with Crippen LogP contribution in [0.15, 0.2) is 22.6 Å². The Morgan fingerprint density at radius 3 is 2.71 bits per heavy atom. The van der Waals surface area contributed by atoms with Gasteiger partial charge in [-0.15, -0.1) is 11.3 Å². The first-order chi connectivity index (χ1) is 10.2. The van der Waals surface area contributed by atoms with E-state index in [1.807, 2.05) is 31.3 Å². The Kier molecular flexibility index (Phi) is 3.15. The van der Waals surface area contributed by atoms with E-state index in [2.05, 4.69) is 19.9 Å². The third-order valence-electron chi connectivity index (χ3n) is 3.62. The van der Waals surface area contributed by atoms with Gasteiger partial charge in [-0.25, -0.2) is 19.9 Å².